The Bertz CT molecular complexity index is 1330. The first kappa shape index (κ1) is 25.9. The van der Waals surface area contributed by atoms with Crippen molar-refractivity contribution in [3.63, 3.8) is 0 Å². The van der Waals surface area contributed by atoms with E-state index in [4.69, 9.17) is 9.72 Å². The molecule has 0 unspecified atom stereocenters. The van der Waals surface area contributed by atoms with Crippen LogP contribution in [0.15, 0.2) is 24.5 Å². The van der Waals surface area contributed by atoms with Gasteiger partial charge in [-0.3, -0.25) is 4.79 Å². The van der Waals surface area contributed by atoms with Crippen molar-refractivity contribution < 1.29 is 14.3 Å². The van der Waals surface area contributed by atoms with E-state index in [2.05, 4.69) is 24.8 Å². The summed E-state index contributed by atoms with van der Waals surface area (Å²) < 4.78 is 7.63. The van der Waals surface area contributed by atoms with Crippen molar-refractivity contribution in [3.05, 3.63) is 35.8 Å². The maximum atomic E-state index is 12.5. The smallest absolute Gasteiger partial charge is 0.410 e. The number of carbonyl (C=O) groups excluding carboxylic acids is 2. The van der Waals surface area contributed by atoms with Crippen LogP contribution in [-0.2, 0) is 4.74 Å². The normalized spacial score (nSPS) is 16.8. The number of ether oxygens (including phenoxy) is 1. The summed E-state index contributed by atoms with van der Waals surface area (Å²) in [5.74, 6) is 1.16. The number of rotatable bonds is 5. The number of amides is 1. The number of pyridine rings is 1. The van der Waals surface area contributed by atoms with Crippen molar-refractivity contribution in [2.75, 3.05) is 36.4 Å². The zero-order valence-electron chi connectivity index (χ0n) is 23.0. The highest BCUT2D eigenvalue weighted by Crippen LogP contribution is 2.36. The second-order valence-corrected chi connectivity index (χ2v) is 11.3. The van der Waals surface area contributed by atoms with Gasteiger partial charge >= 0.3 is 6.09 Å². The molecule has 0 bridgehead atoms. The number of Topliss-reactive ketones (excluding diaryl/α,β-unsaturated/α-hetero) is 1. The molecular weight excluding hydrogens is 482 g/mol. The molecule has 0 radical (unpaired) electrons. The number of fused-ring (bicyclic) bond motifs is 1. The third-order valence-electron chi connectivity index (χ3n) is 7.30. The predicted octanol–water partition coefficient (Wildman–Crippen LogP) is 5.25. The topological polar surface area (TPSA) is 105 Å². The summed E-state index contributed by atoms with van der Waals surface area (Å²) in [7, 11) is 0. The molecule has 202 valence electrons. The molecule has 10 heteroatoms. The molecule has 3 aromatic rings. The molecule has 1 saturated carbocycles. The SMILES string of the molecule is CC(=O)c1c(C)c2cnc(Nc3ccc(N4CCN(C(=O)OC(C)(C)C)CC4)cn3)nc2n1C1CCCC1. The number of ketones is 1. The minimum Gasteiger partial charge on any atom is -0.444 e. The summed E-state index contributed by atoms with van der Waals surface area (Å²) in [6.45, 7) is 11.9. The van der Waals surface area contributed by atoms with Gasteiger partial charge in [0.1, 0.15) is 17.1 Å². The van der Waals surface area contributed by atoms with Crippen LogP contribution >= 0.6 is 0 Å². The van der Waals surface area contributed by atoms with E-state index in [1.807, 2.05) is 46.0 Å². The summed E-state index contributed by atoms with van der Waals surface area (Å²) in [5.41, 5.74) is 2.99. The van der Waals surface area contributed by atoms with E-state index >= 15 is 0 Å². The number of nitrogens with one attached hydrogen (secondary N) is 1. The van der Waals surface area contributed by atoms with E-state index in [-0.39, 0.29) is 11.9 Å². The Morgan fingerprint density at radius 2 is 1.74 bits per heavy atom. The second kappa shape index (κ2) is 10.2. The fourth-order valence-electron chi connectivity index (χ4n) is 5.48. The fourth-order valence-corrected chi connectivity index (χ4v) is 5.48. The average molecular weight is 520 g/mol. The predicted molar refractivity (Wildman–Crippen MR) is 147 cm³/mol. The minimum absolute atomic E-state index is 0.0612. The van der Waals surface area contributed by atoms with Crippen LogP contribution in [0, 0.1) is 6.92 Å². The molecule has 38 heavy (non-hydrogen) atoms. The molecule has 3 aromatic heterocycles. The van der Waals surface area contributed by atoms with Crippen LogP contribution in [0.4, 0.5) is 22.2 Å². The Balaban J connectivity index is 1.29. The molecule has 10 nitrogen and oxygen atoms in total. The van der Waals surface area contributed by atoms with E-state index in [9.17, 15) is 9.59 Å². The fraction of sp³-hybridized carbons (Fsp3) is 0.536. The number of hydrogen-bond acceptors (Lipinski definition) is 8. The van der Waals surface area contributed by atoms with Gasteiger partial charge in [-0.1, -0.05) is 12.8 Å². The van der Waals surface area contributed by atoms with Gasteiger partial charge in [-0.05, 0) is 58.2 Å². The standard InChI is InChI=1S/C28H37N7O3/c1-18-22-17-30-26(32-25(22)35(24(18)19(2)36)20-8-6-7-9-20)31-23-11-10-21(16-29-23)33-12-14-34(15-13-33)27(37)38-28(3,4)5/h10-11,16-17,20H,6-9,12-15H2,1-5H3,(H,29,30,31,32). The molecule has 1 N–H and O–H groups in total. The monoisotopic (exact) mass is 519 g/mol. The maximum Gasteiger partial charge on any atom is 0.410 e. The Labute approximate surface area is 223 Å². The van der Waals surface area contributed by atoms with E-state index < -0.39 is 5.60 Å². The van der Waals surface area contributed by atoms with Gasteiger partial charge in [-0.2, -0.15) is 4.98 Å². The zero-order chi connectivity index (χ0) is 27.0. The van der Waals surface area contributed by atoms with E-state index in [0.717, 1.165) is 40.8 Å². The highest BCUT2D eigenvalue weighted by atomic mass is 16.6. The molecule has 2 fully saturated rings. The van der Waals surface area contributed by atoms with Crippen LogP contribution in [0.25, 0.3) is 11.0 Å². The molecule has 0 aromatic carbocycles. The number of nitrogens with zero attached hydrogens (tertiary/aromatic N) is 6. The average Bonchev–Trinajstić information content (AvgIpc) is 3.50. The van der Waals surface area contributed by atoms with Crippen molar-refractivity contribution in [2.45, 2.75) is 71.9 Å². The van der Waals surface area contributed by atoms with Gasteiger partial charge in [-0.25, -0.2) is 14.8 Å². The third-order valence-corrected chi connectivity index (χ3v) is 7.30. The minimum atomic E-state index is -0.497. The quantitative estimate of drug-likeness (QED) is 0.456. The van der Waals surface area contributed by atoms with E-state index in [1.54, 1.807) is 18.0 Å². The van der Waals surface area contributed by atoms with Crippen molar-refractivity contribution in [2.24, 2.45) is 0 Å². The highest BCUT2D eigenvalue weighted by Gasteiger charge is 2.28. The van der Waals surface area contributed by atoms with Crippen LogP contribution in [0.5, 0.6) is 0 Å². The Morgan fingerprint density at radius 1 is 1.03 bits per heavy atom. The summed E-state index contributed by atoms with van der Waals surface area (Å²) in [6, 6.07) is 4.21. The van der Waals surface area contributed by atoms with E-state index in [0.29, 0.717) is 44.0 Å². The van der Waals surface area contributed by atoms with Gasteiger partial charge in [0.2, 0.25) is 5.95 Å². The lowest BCUT2D eigenvalue weighted by molar-refractivity contribution is 0.0240. The summed E-state index contributed by atoms with van der Waals surface area (Å²) in [5, 5.41) is 4.14. The molecule has 0 atom stereocenters. The molecule has 1 aliphatic heterocycles. The summed E-state index contributed by atoms with van der Waals surface area (Å²) in [6.07, 6.45) is 7.82. The van der Waals surface area contributed by atoms with Crippen LogP contribution in [0.1, 0.15) is 75.5 Å². The molecule has 1 saturated heterocycles. The molecule has 2 aliphatic rings. The first-order chi connectivity index (χ1) is 18.1. The van der Waals surface area contributed by atoms with Gasteiger partial charge in [0.15, 0.2) is 5.78 Å². The Morgan fingerprint density at radius 3 is 2.34 bits per heavy atom. The number of hydrogen-bond donors (Lipinski definition) is 1. The lowest BCUT2D eigenvalue weighted by Crippen LogP contribution is -2.50. The van der Waals surface area contributed by atoms with Gasteiger partial charge < -0.3 is 24.4 Å². The number of carbonyl (C=O) groups is 2. The van der Waals surface area contributed by atoms with Gasteiger partial charge in [-0.15, -0.1) is 0 Å². The van der Waals surface area contributed by atoms with Crippen molar-refractivity contribution in [1.82, 2.24) is 24.4 Å². The number of aromatic nitrogens is 4. The van der Waals surface area contributed by atoms with Crippen LogP contribution in [0.3, 0.4) is 0 Å². The summed E-state index contributed by atoms with van der Waals surface area (Å²) in [4.78, 5) is 42.8. The van der Waals surface area contributed by atoms with Crippen molar-refractivity contribution in [3.8, 4) is 0 Å². The number of piperazine rings is 1. The zero-order valence-corrected chi connectivity index (χ0v) is 23.0. The number of aryl methyl sites for hydroxylation is 1. The molecular formula is C28H37N7O3. The maximum absolute atomic E-state index is 12.5. The van der Waals surface area contributed by atoms with Crippen LogP contribution in [-0.4, -0.2) is 68.1 Å². The molecule has 0 spiro atoms. The first-order valence-electron chi connectivity index (χ1n) is 13.4. The van der Waals surface area contributed by atoms with Crippen molar-refractivity contribution in [1.29, 1.82) is 0 Å². The molecule has 1 amide bonds. The van der Waals surface area contributed by atoms with Gasteiger partial charge in [0.25, 0.3) is 0 Å². The highest BCUT2D eigenvalue weighted by molar-refractivity contribution is 6.00. The van der Waals surface area contributed by atoms with Gasteiger partial charge in [0.05, 0.1) is 17.6 Å². The number of anilines is 3. The van der Waals surface area contributed by atoms with Crippen molar-refractivity contribution >= 4 is 40.4 Å². The van der Waals surface area contributed by atoms with E-state index in [1.165, 1.54) is 12.8 Å². The Hall–Kier alpha value is -3.69. The first-order valence-corrected chi connectivity index (χ1v) is 13.4. The third kappa shape index (κ3) is 5.30. The largest absolute Gasteiger partial charge is 0.444 e. The lowest BCUT2D eigenvalue weighted by atomic mass is 10.1. The summed E-state index contributed by atoms with van der Waals surface area (Å²) >= 11 is 0. The van der Waals surface area contributed by atoms with Gasteiger partial charge in [0, 0.05) is 50.7 Å². The molecule has 5 rings (SSSR count). The Kier molecular flexibility index (Phi) is 6.98. The molecule has 4 heterocycles. The molecule has 1 aliphatic carbocycles. The van der Waals surface area contributed by atoms with Crippen LogP contribution in [0.2, 0.25) is 0 Å². The lowest BCUT2D eigenvalue weighted by Gasteiger charge is -2.36. The van der Waals surface area contributed by atoms with Crippen LogP contribution < -0.4 is 10.2 Å². The second-order valence-electron chi connectivity index (χ2n) is 11.3.